The van der Waals surface area contributed by atoms with E-state index in [4.69, 9.17) is 43.9 Å². The van der Waals surface area contributed by atoms with Crippen molar-refractivity contribution in [2.75, 3.05) is 61.8 Å². The number of aromatic nitrogens is 13. The minimum absolute atomic E-state index is 0.0168. The molecule has 41 heteroatoms. The van der Waals surface area contributed by atoms with Crippen LogP contribution in [0.4, 0.5) is 94.1 Å². The van der Waals surface area contributed by atoms with Gasteiger partial charge in [-0.15, -0.1) is 0 Å². The van der Waals surface area contributed by atoms with E-state index in [0.717, 1.165) is 102 Å². The summed E-state index contributed by atoms with van der Waals surface area (Å²) >= 11 is 0. The van der Waals surface area contributed by atoms with E-state index in [1.54, 1.807) is 36.9 Å². The third-order valence-electron chi connectivity index (χ3n) is 24.7. The predicted molar refractivity (Wildman–Crippen MR) is 523 cm³/mol. The number of carbonyl (C=O) groups excluding carboxylic acids is 6. The zero-order valence-corrected chi connectivity index (χ0v) is 75.8. The second-order valence-corrected chi connectivity index (χ2v) is 34.6. The van der Waals surface area contributed by atoms with E-state index in [1.165, 1.54) is 61.2 Å². The Morgan fingerprint density at radius 3 is 1.14 bits per heavy atom. The lowest BCUT2D eigenvalue weighted by Gasteiger charge is -2.16. The number of ether oxygens (including phenoxy) is 1. The van der Waals surface area contributed by atoms with E-state index in [-0.39, 0.29) is 117 Å². The first-order chi connectivity index (χ1) is 68.2. The molecule has 5 fully saturated rings. The minimum Gasteiger partial charge on any atom is -0.436 e. The highest BCUT2D eigenvalue weighted by atomic mass is 19.4. The van der Waals surface area contributed by atoms with Crippen molar-refractivity contribution in [2.24, 2.45) is 29.6 Å². The predicted octanol–water partition coefficient (Wildman–Crippen LogP) is 16.8. The number of aliphatic hydroxyl groups excluding tert-OH is 1. The molecule has 9 atom stereocenters. The number of nitrogens with zero attached hydrogens (tertiary/aromatic N) is 13. The number of anilines is 10. The lowest BCUT2D eigenvalue weighted by atomic mass is 10.0. The summed E-state index contributed by atoms with van der Waals surface area (Å²) in [5, 5.41) is 53.0. The quantitative estimate of drug-likeness (QED) is 0.0400. The number of aromatic amines is 2. The molecule has 4 aliphatic carbocycles. The van der Waals surface area contributed by atoms with Gasteiger partial charge in [0, 0.05) is 129 Å². The molecule has 3 aromatic carbocycles. The highest BCUT2D eigenvalue weighted by Gasteiger charge is 2.46. The summed E-state index contributed by atoms with van der Waals surface area (Å²) in [6, 6.07) is 51.0. The maximum absolute atomic E-state index is 13.2. The number of halogens is 6. The Morgan fingerprint density at radius 2 is 0.810 bits per heavy atom. The molecule has 7 amide bonds. The maximum Gasteiger partial charge on any atom is 0.431 e. The number of pyridine rings is 11. The van der Waals surface area contributed by atoms with Gasteiger partial charge in [-0.05, 0) is 193 Å². The zero-order chi connectivity index (χ0) is 100. The van der Waals surface area contributed by atoms with Crippen molar-refractivity contribution in [2.45, 2.75) is 102 Å². The van der Waals surface area contributed by atoms with Gasteiger partial charge < -0.3 is 75.1 Å². The number of rotatable bonds is 16. The summed E-state index contributed by atoms with van der Waals surface area (Å²) in [5.41, 5.74) is 38.0. The first kappa shape index (κ1) is 95.8. The first-order valence-corrected chi connectivity index (χ1v) is 44.8. The van der Waals surface area contributed by atoms with Crippen molar-refractivity contribution in [3.8, 4) is 68.4 Å². The smallest absolute Gasteiger partial charge is 0.431 e. The minimum atomic E-state index is -4.57. The average Bonchev–Trinajstić information content (AvgIpc) is 1.74. The van der Waals surface area contributed by atoms with Gasteiger partial charge >= 0.3 is 24.5 Å². The summed E-state index contributed by atoms with van der Waals surface area (Å²) in [6.07, 6.45) is 7.14. The second-order valence-electron chi connectivity index (χ2n) is 34.6. The Labute approximate surface area is 803 Å². The Kier molecular flexibility index (Phi) is 27.3. The Hall–Kier alpha value is -17.9. The van der Waals surface area contributed by atoms with Crippen molar-refractivity contribution in [3.05, 3.63) is 247 Å². The van der Waals surface area contributed by atoms with Crippen molar-refractivity contribution >= 4 is 148 Å². The fraction of sp³-hybridized carbons (Fsp3) is 0.218. The number of H-pyrrole nitrogens is 2. The molecule has 0 spiro atoms. The number of fused-ring (bicyclic) bond motifs is 5. The van der Waals surface area contributed by atoms with Crippen molar-refractivity contribution in [1.29, 1.82) is 10.5 Å². The molecule has 4 saturated carbocycles. The molecule has 0 unspecified atom stereocenters. The lowest BCUT2D eigenvalue weighted by Crippen LogP contribution is -2.42. The maximum atomic E-state index is 13.2. The van der Waals surface area contributed by atoms with Crippen LogP contribution in [-0.4, -0.2) is 130 Å². The molecule has 21 rings (SSSR count). The van der Waals surface area contributed by atoms with Crippen LogP contribution in [0.5, 0.6) is 0 Å². The summed E-state index contributed by atoms with van der Waals surface area (Å²) < 4.78 is 84.1. The van der Waals surface area contributed by atoms with Crippen LogP contribution in [0.25, 0.3) is 110 Å². The van der Waals surface area contributed by atoms with E-state index in [1.807, 2.05) is 148 Å². The number of aliphatic hydroxyl groups is 1. The van der Waals surface area contributed by atoms with E-state index in [0.29, 0.717) is 94.1 Å². The molecule has 16 aromatic rings. The summed E-state index contributed by atoms with van der Waals surface area (Å²) in [7, 11) is 0. The first-order valence-electron chi connectivity index (χ1n) is 44.8. The van der Waals surface area contributed by atoms with Crippen LogP contribution in [0.3, 0.4) is 0 Å². The number of nitriles is 2. The van der Waals surface area contributed by atoms with E-state index >= 15 is 0 Å². The van der Waals surface area contributed by atoms with Crippen molar-refractivity contribution < 1.29 is 65.0 Å². The summed E-state index contributed by atoms with van der Waals surface area (Å²) in [4.78, 5) is 124. The van der Waals surface area contributed by atoms with Crippen LogP contribution in [0, 0.1) is 73.0 Å². The third-order valence-corrected chi connectivity index (χ3v) is 24.7. The highest BCUT2D eigenvalue weighted by Crippen LogP contribution is 2.49. The molecule has 20 N–H and O–H groups in total. The van der Waals surface area contributed by atoms with Crippen LogP contribution in [0.1, 0.15) is 84.5 Å². The van der Waals surface area contributed by atoms with Gasteiger partial charge in [0.1, 0.15) is 69.6 Å². The monoisotopic (exact) mass is 1920 g/mol. The number of nitrogens with one attached hydrogen (secondary N) is 9. The number of nitrogens with two attached hydrogens (primary N) is 5. The molecule has 5 aliphatic rings. The molecule has 0 radical (unpaired) electrons. The number of alkyl halides is 6. The Morgan fingerprint density at radius 1 is 0.444 bits per heavy atom. The van der Waals surface area contributed by atoms with E-state index in [2.05, 4.69) is 102 Å². The topological polar surface area (TPSA) is 567 Å². The summed E-state index contributed by atoms with van der Waals surface area (Å²) in [5.74, 6) is 0.861. The number of hydrogen-bond donors (Lipinski definition) is 15. The van der Waals surface area contributed by atoms with Gasteiger partial charge in [0.2, 0.25) is 17.7 Å². The number of aryl methyl sites for hydroxylation is 3. The normalized spacial score (nSPS) is 18.0. The van der Waals surface area contributed by atoms with Gasteiger partial charge in [-0.25, -0.2) is 59.4 Å². The van der Waals surface area contributed by atoms with Crippen molar-refractivity contribution in [1.82, 2.24) is 75.4 Å². The number of amides is 7. The van der Waals surface area contributed by atoms with Gasteiger partial charge in [0.15, 0.2) is 6.10 Å². The zero-order valence-electron chi connectivity index (χ0n) is 75.8. The van der Waals surface area contributed by atoms with Gasteiger partial charge in [-0.3, -0.25) is 34.8 Å². The molecular formula is C101H89F6N27O8. The van der Waals surface area contributed by atoms with Crippen molar-refractivity contribution in [3.63, 3.8) is 0 Å². The van der Waals surface area contributed by atoms with Gasteiger partial charge in [-0.2, -0.15) is 36.9 Å². The Balaban J connectivity index is 0.000000122. The molecule has 142 heavy (non-hydrogen) atoms. The van der Waals surface area contributed by atoms with Crippen LogP contribution >= 0.6 is 0 Å². The molecule has 14 heterocycles. The van der Waals surface area contributed by atoms with Crippen LogP contribution < -0.4 is 65.9 Å². The molecule has 35 nitrogen and oxygen atoms in total. The summed E-state index contributed by atoms with van der Waals surface area (Å²) in [6.45, 7) is 6.58. The number of nitrogen functional groups attached to an aromatic ring is 5. The number of carbonyl (C=O) groups is 6. The molecule has 1 saturated heterocycles. The number of urea groups is 1. The third kappa shape index (κ3) is 21.9. The fourth-order valence-electron chi connectivity index (χ4n) is 16.9. The van der Waals surface area contributed by atoms with E-state index in [9.17, 15) is 60.2 Å². The lowest BCUT2D eigenvalue weighted by molar-refractivity contribution is -0.141. The van der Waals surface area contributed by atoms with E-state index < -0.39 is 42.0 Å². The standard InChI is InChI=1S/C24H21N5O.C21H23N5O2.C20H19N5O3.2C18H13F3N6O/c1-14-5-2-3-7-17(14)21-9-16-10-22(27-13-20(16)23(25)28-21)29-24(30)19-11-18(19)15-6-4-8-26-12-15;1-12-5-2-3-6-14(12)17-9-13-10-19(23-11-15(13)20(22)24-17)26-21(28)25-16-7-4-8-18(16)27;1-11-4-2-3-5-13(11)15-8-12-9-17(23-10-14(12)18(21)24-15)25-20(27)28-16-6-7-22-19(16)26;2*19-18(20,21)15-10(1-2-24-15)13-4-8-5-14(25-7-12(8)16(23)26-13)27-17(28)11-3-9(11)6-22/h2-10,12-13,18-19H,11H2,1H3,(H2,25,28)(H,27,29,30);2-3,5-6,9-11,16,18,27H,4,7-8H2,1H3,(H2,22,24)(H2,23,25,26,28);2-5,8-10,16H,6-7H2,1H3,(H2,21,24)(H,22,26)(H,23,25,27);2*1-2,4-5,7,9,11,24H,3H2,(H2,23,26)(H,25,27,28)/t18-,19+;16-,18-;16-;2*9-,11+/m10110/s1. The van der Waals surface area contributed by atoms with Gasteiger partial charge in [0.05, 0.1) is 76.4 Å². The van der Waals surface area contributed by atoms with Crippen LogP contribution in [0.15, 0.2) is 213 Å². The average molecular weight is 1920 g/mol. The molecule has 1 aliphatic heterocycles. The van der Waals surface area contributed by atoms with Crippen LogP contribution in [-0.2, 0) is 36.3 Å². The number of hydrogen-bond acceptors (Lipinski definition) is 26. The molecule has 0 bridgehead atoms. The van der Waals surface area contributed by atoms with Gasteiger partial charge in [-0.1, -0.05) is 78.9 Å². The Bertz CT molecular complexity index is 7550. The van der Waals surface area contributed by atoms with Crippen LogP contribution in [0.2, 0.25) is 0 Å². The second kappa shape index (κ2) is 40.4. The fourth-order valence-corrected chi connectivity index (χ4v) is 16.9. The largest absolute Gasteiger partial charge is 0.436 e. The highest BCUT2D eigenvalue weighted by molar-refractivity contribution is 6.04. The molecular weight excluding hydrogens is 1830 g/mol. The van der Waals surface area contributed by atoms with Gasteiger partial charge in [0.25, 0.3) is 5.91 Å². The SMILES string of the molecule is Cc1ccccc1-c1cc2cc(NC(=O)N[C@H]3CCC[C@@H]3O)ncc2c(N)n1.Cc1ccccc1-c1cc2cc(NC(=O)O[C@@H]3CCNC3=O)ncc2c(N)n1.Cc1ccccc1-c1cc2cc(NC(=O)[C@H]3C[C@@H]3c3cccnc3)ncc2c(N)n1.N#C[C@@H]1C[C@H]1C(=O)Nc1cc2cc(-c3cc[nH]c3C(F)(F)F)nc(N)c2cn1.N#C[C@H]1C[C@@H]1C(=O)Nc1cc2cc(-c3cc[nH]c3C(F)(F)F)nc(N)c2cn1. The molecule has 13 aromatic heterocycles. The molecule has 718 valence electrons. The number of benzene rings is 3.